The van der Waals surface area contributed by atoms with Gasteiger partial charge >= 0.3 is 6.18 Å². The minimum atomic E-state index is -4.27. The van der Waals surface area contributed by atoms with Gasteiger partial charge in [-0.15, -0.1) is 0 Å². The molecule has 118 valence electrons. The van der Waals surface area contributed by atoms with Gasteiger partial charge in [-0.2, -0.15) is 13.2 Å². The van der Waals surface area contributed by atoms with E-state index in [1.54, 1.807) is 0 Å². The summed E-state index contributed by atoms with van der Waals surface area (Å²) in [5.41, 5.74) is 3.71. The second kappa shape index (κ2) is 7.27. The van der Waals surface area contributed by atoms with Gasteiger partial charge in [0.25, 0.3) is 0 Å². The third-order valence-electron chi connectivity index (χ3n) is 3.72. The SMILES string of the molecule is CCCNC(COCC(F)(F)F)c1ccc2c(c1)CCC2. The van der Waals surface area contributed by atoms with Crippen LogP contribution in [0.25, 0.3) is 0 Å². The molecule has 0 amide bonds. The minimum absolute atomic E-state index is 0.0400. The van der Waals surface area contributed by atoms with Crippen LogP contribution >= 0.6 is 0 Å². The van der Waals surface area contributed by atoms with E-state index in [1.807, 2.05) is 13.0 Å². The van der Waals surface area contributed by atoms with E-state index in [1.165, 1.54) is 11.1 Å². The maximum atomic E-state index is 12.2. The zero-order valence-electron chi connectivity index (χ0n) is 12.3. The van der Waals surface area contributed by atoms with E-state index in [0.717, 1.165) is 37.8 Å². The first-order valence-corrected chi connectivity index (χ1v) is 7.49. The van der Waals surface area contributed by atoms with Gasteiger partial charge in [0.1, 0.15) is 6.61 Å². The summed E-state index contributed by atoms with van der Waals surface area (Å²) in [5.74, 6) is 0. The summed E-state index contributed by atoms with van der Waals surface area (Å²) in [6.07, 6.45) is -0.00924. The van der Waals surface area contributed by atoms with Crippen LogP contribution in [0, 0.1) is 0 Å². The molecule has 1 unspecified atom stereocenters. The molecule has 0 bridgehead atoms. The van der Waals surface area contributed by atoms with E-state index >= 15 is 0 Å². The number of hydrogen-bond acceptors (Lipinski definition) is 2. The first-order chi connectivity index (χ1) is 9.99. The van der Waals surface area contributed by atoms with Crippen LogP contribution in [-0.2, 0) is 17.6 Å². The Kier molecular flexibility index (Phi) is 5.65. The smallest absolute Gasteiger partial charge is 0.370 e. The van der Waals surface area contributed by atoms with Crippen LogP contribution in [0.4, 0.5) is 13.2 Å². The van der Waals surface area contributed by atoms with E-state index in [2.05, 4.69) is 17.4 Å². The molecule has 0 radical (unpaired) electrons. The minimum Gasteiger partial charge on any atom is -0.370 e. The van der Waals surface area contributed by atoms with Gasteiger partial charge in [0.05, 0.1) is 12.6 Å². The van der Waals surface area contributed by atoms with Gasteiger partial charge < -0.3 is 10.1 Å². The van der Waals surface area contributed by atoms with Crippen molar-refractivity contribution in [1.29, 1.82) is 0 Å². The summed E-state index contributed by atoms with van der Waals surface area (Å²) in [6.45, 7) is 1.64. The Balaban J connectivity index is 2.01. The lowest BCUT2D eigenvalue weighted by molar-refractivity contribution is -0.175. The van der Waals surface area contributed by atoms with Crippen molar-refractivity contribution in [2.75, 3.05) is 19.8 Å². The quantitative estimate of drug-likeness (QED) is 0.827. The van der Waals surface area contributed by atoms with Crippen molar-refractivity contribution in [2.24, 2.45) is 0 Å². The van der Waals surface area contributed by atoms with Crippen LogP contribution in [0.5, 0.6) is 0 Å². The predicted octanol–water partition coefficient (Wildman–Crippen LogP) is 3.79. The first-order valence-electron chi connectivity index (χ1n) is 7.49. The standard InChI is InChI=1S/C16H22F3NO/c1-2-8-20-15(10-21-11-16(17,18)19)14-7-6-12-4-3-5-13(12)9-14/h6-7,9,15,20H,2-5,8,10-11H2,1H3. The molecule has 0 heterocycles. The highest BCUT2D eigenvalue weighted by Crippen LogP contribution is 2.26. The molecule has 0 aromatic heterocycles. The lowest BCUT2D eigenvalue weighted by Crippen LogP contribution is -2.28. The molecule has 0 fully saturated rings. The highest BCUT2D eigenvalue weighted by molar-refractivity contribution is 5.36. The van der Waals surface area contributed by atoms with E-state index in [4.69, 9.17) is 4.74 Å². The lowest BCUT2D eigenvalue weighted by atomic mass is 10.0. The fourth-order valence-corrected chi connectivity index (χ4v) is 2.69. The number of hydrogen-bond donors (Lipinski definition) is 1. The van der Waals surface area contributed by atoms with Gasteiger partial charge in [-0.05, 0) is 48.9 Å². The lowest BCUT2D eigenvalue weighted by Gasteiger charge is -2.20. The number of ether oxygens (including phenoxy) is 1. The fourth-order valence-electron chi connectivity index (χ4n) is 2.69. The third kappa shape index (κ3) is 5.00. The number of benzene rings is 1. The Morgan fingerprint density at radius 3 is 2.71 bits per heavy atom. The average molecular weight is 301 g/mol. The normalized spacial score (nSPS) is 16.0. The Morgan fingerprint density at radius 1 is 1.24 bits per heavy atom. The molecule has 5 heteroatoms. The number of fused-ring (bicyclic) bond motifs is 1. The van der Waals surface area contributed by atoms with Crippen molar-refractivity contribution in [2.45, 2.75) is 44.8 Å². The number of halogens is 3. The molecule has 2 rings (SSSR count). The highest BCUT2D eigenvalue weighted by atomic mass is 19.4. The molecule has 1 atom stereocenters. The second-order valence-electron chi connectivity index (χ2n) is 5.52. The van der Waals surface area contributed by atoms with Gasteiger partial charge in [-0.25, -0.2) is 0 Å². The summed E-state index contributed by atoms with van der Waals surface area (Å²) < 4.78 is 41.4. The molecule has 2 nitrogen and oxygen atoms in total. The van der Waals surface area contributed by atoms with Crippen molar-refractivity contribution < 1.29 is 17.9 Å². The average Bonchev–Trinajstić information content (AvgIpc) is 2.88. The first kappa shape index (κ1) is 16.3. The molecule has 0 spiro atoms. The molecular formula is C16H22F3NO. The number of aryl methyl sites for hydroxylation is 2. The zero-order chi connectivity index (χ0) is 15.3. The van der Waals surface area contributed by atoms with Gasteiger partial charge in [-0.1, -0.05) is 25.1 Å². The highest BCUT2D eigenvalue weighted by Gasteiger charge is 2.28. The molecule has 1 N–H and O–H groups in total. The summed E-state index contributed by atoms with van der Waals surface area (Å²) in [5, 5.41) is 3.27. The van der Waals surface area contributed by atoms with E-state index in [0.29, 0.717) is 0 Å². The van der Waals surface area contributed by atoms with Crippen molar-refractivity contribution in [3.63, 3.8) is 0 Å². The van der Waals surface area contributed by atoms with Gasteiger partial charge in [0, 0.05) is 0 Å². The predicted molar refractivity (Wildman–Crippen MR) is 76.4 cm³/mol. The summed E-state index contributed by atoms with van der Waals surface area (Å²) in [7, 11) is 0. The van der Waals surface area contributed by atoms with Crippen LogP contribution in [0.1, 0.15) is 42.5 Å². The Hall–Kier alpha value is -1.07. The molecule has 1 aromatic carbocycles. The molecular weight excluding hydrogens is 279 g/mol. The summed E-state index contributed by atoms with van der Waals surface area (Å²) >= 11 is 0. The monoisotopic (exact) mass is 301 g/mol. The van der Waals surface area contributed by atoms with E-state index < -0.39 is 12.8 Å². The van der Waals surface area contributed by atoms with Crippen molar-refractivity contribution >= 4 is 0 Å². The maximum absolute atomic E-state index is 12.2. The van der Waals surface area contributed by atoms with Gasteiger partial charge in [0.15, 0.2) is 0 Å². The van der Waals surface area contributed by atoms with Crippen LogP contribution < -0.4 is 5.32 Å². The third-order valence-corrected chi connectivity index (χ3v) is 3.72. The van der Waals surface area contributed by atoms with Crippen molar-refractivity contribution in [3.8, 4) is 0 Å². The van der Waals surface area contributed by atoms with Crippen LogP contribution in [0.15, 0.2) is 18.2 Å². The Labute approximate surface area is 123 Å². The van der Waals surface area contributed by atoms with E-state index in [-0.39, 0.29) is 12.6 Å². The van der Waals surface area contributed by atoms with Crippen molar-refractivity contribution in [3.05, 3.63) is 34.9 Å². The summed E-state index contributed by atoms with van der Waals surface area (Å²) in [6, 6.07) is 6.04. The number of nitrogens with one attached hydrogen (secondary N) is 1. The van der Waals surface area contributed by atoms with E-state index in [9.17, 15) is 13.2 Å². The number of alkyl halides is 3. The molecule has 1 aliphatic rings. The fraction of sp³-hybridized carbons (Fsp3) is 0.625. The zero-order valence-corrected chi connectivity index (χ0v) is 12.3. The van der Waals surface area contributed by atoms with Crippen LogP contribution in [0.2, 0.25) is 0 Å². The number of rotatable bonds is 7. The molecule has 1 aromatic rings. The largest absolute Gasteiger partial charge is 0.411 e. The topological polar surface area (TPSA) is 21.3 Å². The van der Waals surface area contributed by atoms with Crippen LogP contribution in [0.3, 0.4) is 0 Å². The Morgan fingerprint density at radius 2 is 2.00 bits per heavy atom. The maximum Gasteiger partial charge on any atom is 0.411 e. The summed E-state index contributed by atoms with van der Waals surface area (Å²) in [4.78, 5) is 0. The second-order valence-corrected chi connectivity index (χ2v) is 5.52. The van der Waals surface area contributed by atoms with Crippen LogP contribution in [-0.4, -0.2) is 25.9 Å². The molecule has 21 heavy (non-hydrogen) atoms. The van der Waals surface area contributed by atoms with Crippen molar-refractivity contribution in [1.82, 2.24) is 5.32 Å². The molecule has 1 aliphatic carbocycles. The van der Waals surface area contributed by atoms with Gasteiger partial charge in [0.2, 0.25) is 0 Å². The van der Waals surface area contributed by atoms with Gasteiger partial charge in [-0.3, -0.25) is 0 Å². The molecule has 0 aliphatic heterocycles. The molecule has 0 saturated heterocycles. The Bertz CT molecular complexity index is 459. The molecule has 0 saturated carbocycles.